The molecule has 39 heavy (non-hydrogen) atoms. The highest BCUT2D eigenvalue weighted by Crippen LogP contribution is 2.31. The van der Waals surface area contributed by atoms with E-state index in [4.69, 9.17) is 9.47 Å². The molecule has 0 aliphatic carbocycles. The summed E-state index contributed by atoms with van der Waals surface area (Å²) >= 11 is 0. The van der Waals surface area contributed by atoms with Crippen molar-refractivity contribution in [3.05, 3.63) is 106 Å². The van der Waals surface area contributed by atoms with Gasteiger partial charge in [0, 0.05) is 28.2 Å². The smallest absolute Gasteiger partial charge is 0.257 e. The molecule has 4 rings (SSSR count). The van der Waals surface area contributed by atoms with E-state index in [0.29, 0.717) is 36.3 Å². The SMILES string of the molecule is CCCC1COC(c2ccc(-c3ccc(/C=C/c4cc(F)c(C/C=C/C(F)F)c(F)c4)c(F)c3)c(F)c2)OC1. The largest absolute Gasteiger partial charge is 0.348 e. The predicted octanol–water partition coefficient (Wildman–Crippen LogP) is 8.91. The molecule has 3 aromatic rings. The van der Waals surface area contributed by atoms with E-state index < -0.39 is 36.0 Å². The molecule has 2 nitrogen and oxygen atoms in total. The lowest BCUT2D eigenvalue weighted by Gasteiger charge is -2.29. The number of benzene rings is 3. The zero-order valence-corrected chi connectivity index (χ0v) is 21.3. The number of alkyl halides is 2. The molecular weight excluding hydrogens is 518 g/mol. The van der Waals surface area contributed by atoms with E-state index >= 15 is 0 Å². The zero-order chi connectivity index (χ0) is 27.9. The van der Waals surface area contributed by atoms with Gasteiger partial charge in [-0.15, -0.1) is 0 Å². The van der Waals surface area contributed by atoms with Crippen molar-refractivity contribution in [2.24, 2.45) is 5.92 Å². The highest BCUT2D eigenvalue weighted by atomic mass is 19.3. The lowest BCUT2D eigenvalue weighted by molar-refractivity contribution is -0.206. The Kier molecular flexibility index (Phi) is 9.64. The molecule has 206 valence electrons. The Hall–Kier alpha value is -3.36. The fourth-order valence-electron chi connectivity index (χ4n) is 4.44. The van der Waals surface area contributed by atoms with Crippen LogP contribution in [0.2, 0.25) is 0 Å². The summed E-state index contributed by atoms with van der Waals surface area (Å²) in [5.41, 5.74) is 0.988. The van der Waals surface area contributed by atoms with Crippen molar-refractivity contribution in [2.75, 3.05) is 13.2 Å². The number of halogens is 6. The molecular formula is C31H28F6O2. The summed E-state index contributed by atoms with van der Waals surface area (Å²) in [4.78, 5) is 0. The minimum absolute atomic E-state index is 0.130. The molecule has 0 saturated carbocycles. The fourth-order valence-corrected chi connectivity index (χ4v) is 4.44. The monoisotopic (exact) mass is 546 g/mol. The van der Waals surface area contributed by atoms with Crippen molar-refractivity contribution >= 4 is 12.2 Å². The van der Waals surface area contributed by atoms with Crippen LogP contribution in [0.5, 0.6) is 0 Å². The number of rotatable bonds is 9. The summed E-state index contributed by atoms with van der Waals surface area (Å²) in [7, 11) is 0. The highest BCUT2D eigenvalue weighted by molar-refractivity contribution is 5.73. The van der Waals surface area contributed by atoms with Crippen LogP contribution < -0.4 is 0 Å². The second-order valence-corrected chi connectivity index (χ2v) is 9.39. The standard InChI is InChI=1S/C31H28F6O2/c1-2-4-20-17-38-31(39-18-20)23-11-12-24(29(35)16-23)22-10-9-21(26(32)15-22)8-7-19-13-27(33)25(28(34)14-19)5-3-6-30(36)37/h3,6-16,20,30-31H,2,4-5,17-18H2,1H3/b6-3+,8-7+. The minimum Gasteiger partial charge on any atom is -0.348 e. The molecule has 1 aliphatic rings. The molecule has 3 aromatic carbocycles. The average molecular weight is 547 g/mol. The topological polar surface area (TPSA) is 18.5 Å². The van der Waals surface area contributed by atoms with Gasteiger partial charge in [0.15, 0.2) is 6.29 Å². The van der Waals surface area contributed by atoms with Gasteiger partial charge in [-0.2, -0.15) is 0 Å². The maximum atomic E-state index is 15.0. The van der Waals surface area contributed by atoms with Gasteiger partial charge in [-0.1, -0.05) is 55.8 Å². The summed E-state index contributed by atoms with van der Waals surface area (Å²) in [6, 6.07) is 10.8. The third kappa shape index (κ3) is 7.40. The van der Waals surface area contributed by atoms with Crippen LogP contribution >= 0.6 is 0 Å². The van der Waals surface area contributed by atoms with Crippen molar-refractivity contribution in [3.8, 4) is 11.1 Å². The lowest BCUT2D eigenvalue weighted by Crippen LogP contribution is -2.27. The molecule has 1 fully saturated rings. The van der Waals surface area contributed by atoms with Crippen LogP contribution in [-0.4, -0.2) is 19.6 Å². The van der Waals surface area contributed by atoms with Crippen molar-refractivity contribution in [1.29, 1.82) is 0 Å². The van der Waals surface area contributed by atoms with Gasteiger partial charge in [0.05, 0.1) is 13.2 Å². The summed E-state index contributed by atoms with van der Waals surface area (Å²) in [6.45, 7) is 3.19. The number of hydrogen-bond acceptors (Lipinski definition) is 2. The first-order chi connectivity index (χ1) is 18.7. The van der Waals surface area contributed by atoms with Crippen LogP contribution in [0.25, 0.3) is 23.3 Å². The van der Waals surface area contributed by atoms with Gasteiger partial charge in [0.2, 0.25) is 0 Å². The minimum atomic E-state index is -2.71. The summed E-state index contributed by atoms with van der Waals surface area (Å²) in [5.74, 6) is -2.66. The Balaban J connectivity index is 1.46. The van der Waals surface area contributed by atoms with Crippen molar-refractivity contribution in [3.63, 3.8) is 0 Å². The molecule has 0 atom stereocenters. The molecule has 1 saturated heterocycles. The summed E-state index contributed by atoms with van der Waals surface area (Å²) in [5, 5.41) is 0. The quantitative estimate of drug-likeness (QED) is 0.152. The van der Waals surface area contributed by atoms with E-state index in [1.165, 1.54) is 30.4 Å². The first-order valence-corrected chi connectivity index (χ1v) is 12.7. The summed E-state index contributed by atoms with van der Waals surface area (Å²) < 4.78 is 94.3. The Morgan fingerprint density at radius 2 is 1.56 bits per heavy atom. The van der Waals surface area contributed by atoms with E-state index in [-0.39, 0.29) is 28.7 Å². The van der Waals surface area contributed by atoms with Gasteiger partial charge in [-0.05, 0) is 54.3 Å². The highest BCUT2D eigenvalue weighted by Gasteiger charge is 2.24. The van der Waals surface area contributed by atoms with Gasteiger partial charge < -0.3 is 9.47 Å². The van der Waals surface area contributed by atoms with Gasteiger partial charge in [0.25, 0.3) is 6.43 Å². The molecule has 0 amide bonds. The normalized spacial score (nSPS) is 18.1. The molecule has 1 aliphatic heterocycles. The van der Waals surface area contributed by atoms with Crippen LogP contribution in [0.1, 0.15) is 48.3 Å². The molecule has 0 N–H and O–H groups in total. The lowest BCUT2D eigenvalue weighted by atomic mass is 10.00. The molecule has 0 radical (unpaired) electrons. The van der Waals surface area contributed by atoms with E-state index in [1.807, 2.05) is 0 Å². The molecule has 0 bridgehead atoms. The molecule has 8 heteroatoms. The number of hydrogen-bond donors (Lipinski definition) is 0. The molecule has 0 unspecified atom stereocenters. The van der Waals surface area contributed by atoms with E-state index in [9.17, 15) is 26.3 Å². The van der Waals surface area contributed by atoms with Gasteiger partial charge in [-0.3, -0.25) is 0 Å². The predicted molar refractivity (Wildman–Crippen MR) is 139 cm³/mol. The first-order valence-electron chi connectivity index (χ1n) is 12.7. The van der Waals surface area contributed by atoms with Crippen molar-refractivity contribution < 1.29 is 35.8 Å². The van der Waals surface area contributed by atoms with E-state index in [1.54, 1.807) is 18.2 Å². The van der Waals surface area contributed by atoms with Gasteiger partial charge >= 0.3 is 0 Å². The maximum Gasteiger partial charge on any atom is 0.257 e. The second kappa shape index (κ2) is 13.1. The van der Waals surface area contributed by atoms with E-state index in [0.717, 1.165) is 31.1 Å². The number of allylic oxidation sites excluding steroid dienone is 2. The van der Waals surface area contributed by atoms with Gasteiger partial charge in [-0.25, -0.2) is 26.3 Å². The van der Waals surface area contributed by atoms with Gasteiger partial charge in [0.1, 0.15) is 23.3 Å². The average Bonchev–Trinajstić information content (AvgIpc) is 2.90. The van der Waals surface area contributed by atoms with Crippen LogP contribution in [0.15, 0.2) is 60.7 Å². The maximum absolute atomic E-state index is 15.0. The second-order valence-electron chi connectivity index (χ2n) is 9.39. The Labute approximate surface area is 223 Å². The molecule has 1 heterocycles. The Bertz CT molecular complexity index is 1320. The van der Waals surface area contributed by atoms with Crippen LogP contribution in [0.3, 0.4) is 0 Å². The van der Waals surface area contributed by atoms with Crippen LogP contribution in [-0.2, 0) is 15.9 Å². The first kappa shape index (κ1) is 28.6. The Morgan fingerprint density at radius 3 is 2.18 bits per heavy atom. The molecule has 0 aromatic heterocycles. The third-order valence-corrected chi connectivity index (χ3v) is 6.46. The van der Waals surface area contributed by atoms with Crippen LogP contribution in [0, 0.1) is 29.2 Å². The molecule has 0 spiro atoms. The van der Waals surface area contributed by atoms with E-state index in [2.05, 4.69) is 6.92 Å². The zero-order valence-electron chi connectivity index (χ0n) is 21.3. The Morgan fingerprint density at radius 1 is 0.846 bits per heavy atom. The fraction of sp³-hybridized carbons (Fsp3) is 0.290. The van der Waals surface area contributed by atoms with Crippen molar-refractivity contribution in [1.82, 2.24) is 0 Å². The number of ether oxygens (including phenoxy) is 2. The third-order valence-electron chi connectivity index (χ3n) is 6.46. The van der Waals surface area contributed by atoms with Crippen molar-refractivity contribution in [2.45, 2.75) is 38.9 Å². The van der Waals surface area contributed by atoms with Crippen LogP contribution in [0.4, 0.5) is 26.3 Å². The summed E-state index contributed by atoms with van der Waals surface area (Å²) in [6.07, 6.45) is 2.58.